The van der Waals surface area contributed by atoms with Crippen molar-refractivity contribution in [1.82, 2.24) is 15.1 Å². The molecule has 1 fully saturated rings. The lowest BCUT2D eigenvalue weighted by Gasteiger charge is -2.35. The van der Waals surface area contributed by atoms with Crippen molar-refractivity contribution in [2.24, 2.45) is 17.8 Å². The molecule has 7 heteroatoms. The van der Waals surface area contributed by atoms with Crippen molar-refractivity contribution in [2.75, 3.05) is 0 Å². The molecule has 0 aromatic carbocycles. The highest BCUT2D eigenvalue weighted by molar-refractivity contribution is 5.78. The van der Waals surface area contributed by atoms with E-state index in [4.69, 9.17) is 0 Å². The number of amides is 1. The van der Waals surface area contributed by atoms with Crippen molar-refractivity contribution in [3.8, 4) is 0 Å². The van der Waals surface area contributed by atoms with E-state index in [-0.39, 0.29) is 18.5 Å². The molecular formula is C17H26F3N3O. The van der Waals surface area contributed by atoms with Gasteiger partial charge in [0.25, 0.3) is 0 Å². The summed E-state index contributed by atoms with van der Waals surface area (Å²) < 4.78 is 39.4. The zero-order chi connectivity index (χ0) is 18.1. The van der Waals surface area contributed by atoms with E-state index in [1.807, 2.05) is 0 Å². The van der Waals surface area contributed by atoms with Crippen molar-refractivity contribution in [1.29, 1.82) is 0 Å². The van der Waals surface area contributed by atoms with Crippen molar-refractivity contribution in [3.05, 3.63) is 17.5 Å². The van der Waals surface area contributed by atoms with Crippen molar-refractivity contribution in [3.63, 3.8) is 0 Å². The van der Waals surface area contributed by atoms with Gasteiger partial charge in [-0.1, -0.05) is 33.6 Å². The third-order valence-corrected chi connectivity index (χ3v) is 5.20. The van der Waals surface area contributed by atoms with E-state index in [1.165, 1.54) is 11.1 Å². The molecule has 0 radical (unpaired) electrons. The number of nitrogens with zero attached hydrogens (tertiary/aromatic N) is 2. The number of rotatable bonds is 4. The highest BCUT2D eigenvalue weighted by atomic mass is 19.4. The topological polar surface area (TPSA) is 46.9 Å². The van der Waals surface area contributed by atoms with E-state index in [2.05, 4.69) is 24.3 Å². The fraction of sp³-hybridized carbons (Fsp3) is 0.765. The minimum absolute atomic E-state index is 0.121. The number of nitrogens with one attached hydrogen (secondary N) is 1. The highest BCUT2D eigenvalue weighted by Gasteiger charge is 2.35. The highest BCUT2D eigenvalue weighted by Crippen LogP contribution is 2.30. The van der Waals surface area contributed by atoms with Crippen LogP contribution in [0.25, 0.3) is 0 Å². The molecule has 24 heavy (non-hydrogen) atoms. The van der Waals surface area contributed by atoms with E-state index in [1.54, 1.807) is 13.8 Å². The second-order valence-electron chi connectivity index (χ2n) is 7.13. The number of carbonyl (C=O) groups excluding carboxylic acids is 1. The molecular weight excluding hydrogens is 319 g/mol. The molecule has 0 saturated heterocycles. The van der Waals surface area contributed by atoms with Crippen LogP contribution >= 0.6 is 0 Å². The minimum atomic E-state index is -4.46. The number of carbonyl (C=O) groups is 1. The number of halogens is 3. The van der Waals surface area contributed by atoms with Gasteiger partial charge in [0.05, 0.1) is 12.5 Å². The van der Waals surface area contributed by atoms with Gasteiger partial charge in [-0.05, 0) is 31.2 Å². The molecule has 4 atom stereocenters. The van der Waals surface area contributed by atoms with Crippen LogP contribution in [-0.4, -0.2) is 21.7 Å². The van der Waals surface area contributed by atoms with Gasteiger partial charge in [0, 0.05) is 11.7 Å². The molecule has 1 aliphatic carbocycles. The molecule has 1 aromatic heterocycles. The molecule has 1 aliphatic rings. The Kier molecular flexibility index (Phi) is 5.60. The van der Waals surface area contributed by atoms with Gasteiger partial charge in [0.1, 0.15) is 0 Å². The lowest BCUT2D eigenvalue weighted by atomic mass is 9.78. The predicted molar refractivity (Wildman–Crippen MR) is 85.2 cm³/mol. The molecule has 1 amide bonds. The second kappa shape index (κ2) is 7.15. The van der Waals surface area contributed by atoms with Crippen LogP contribution in [0.1, 0.15) is 51.4 Å². The number of hydrogen-bond acceptors (Lipinski definition) is 2. The zero-order valence-corrected chi connectivity index (χ0v) is 14.7. The van der Waals surface area contributed by atoms with Crippen LogP contribution in [0.15, 0.2) is 6.07 Å². The number of aryl methyl sites for hydroxylation is 1. The predicted octanol–water partition coefficient (Wildman–Crippen LogP) is 3.79. The van der Waals surface area contributed by atoms with Gasteiger partial charge < -0.3 is 5.32 Å². The summed E-state index contributed by atoms with van der Waals surface area (Å²) in [5, 5.41) is 6.66. The van der Waals surface area contributed by atoms with Gasteiger partial charge in [-0.25, -0.2) is 0 Å². The Labute approximate surface area is 140 Å². The Bertz CT molecular complexity index is 582. The fourth-order valence-electron chi connectivity index (χ4n) is 3.29. The Balaban J connectivity index is 1.98. The summed E-state index contributed by atoms with van der Waals surface area (Å²) >= 11 is 0. The third kappa shape index (κ3) is 4.30. The molecule has 0 aliphatic heterocycles. The molecule has 136 valence electrons. The summed E-state index contributed by atoms with van der Waals surface area (Å²) in [5.41, 5.74) is -0.510. The summed E-state index contributed by atoms with van der Waals surface area (Å²) in [6.45, 7) is 7.77. The molecule has 1 saturated carbocycles. The molecule has 0 bridgehead atoms. The quantitative estimate of drug-likeness (QED) is 0.902. The van der Waals surface area contributed by atoms with E-state index >= 15 is 0 Å². The molecule has 4 nitrogen and oxygen atoms in total. The first-order valence-electron chi connectivity index (χ1n) is 8.51. The average molecular weight is 345 g/mol. The molecule has 0 spiro atoms. The van der Waals surface area contributed by atoms with E-state index < -0.39 is 17.8 Å². The van der Waals surface area contributed by atoms with Gasteiger partial charge >= 0.3 is 6.18 Å². The Morgan fingerprint density at radius 2 is 2.08 bits per heavy atom. The third-order valence-electron chi connectivity index (χ3n) is 5.20. The lowest BCUT2D eigenvalue weighted by Crippen LogP contribution is -2.46. The van der Waals surface area contributed by atoms with Gasteiger partial charge in [-0.2, -0.15) is 18.3 Å². The molecule has 0 unspecified atom stereocenters. The number of hydrogen-bond donors (Lipinski definition) is 1. The largest absolute Gasteiger partial charge is 0.435 e. The normalized spacial score (nSPS) is 26.2. The maximum absolute atomic E-state index is 12.7. The van der Waals surface area contributed by atoms with Crippen molar-refractivity contribution >= 4 is 5.91 Å². The summed E-state index contributed by atoms with van der Waals surface area (Å²) in [4.78, 5) is 12.4. The Hall–Kier alpha value is -1.53. The maximum Gasteiger partial charge on any atom is 0.435 e. The van der Waals surface area contributed by atoms with Crippen LogP contribution in [0.4, 0.5) is 13.2 Å². The number of aromatic nitrogens is 2. The van der Waals surface area contributed by atoms with Crippen LogP contribution in [0, 0.1) is 24.7 Å². The van der Waals surface area contributed by atoms with Gasteiger partial charge in [0.15, 0.2) is 5.69 Å². The first-order chi connectivity index (χ1) is 11.1. The zero-order valence-electron chi connectivity index (χ0n) is 14.7. The minimum Gasteiger partial charge on any atom is -0.353 e. The average Bonchev–Trinajstić information content (AvgIpc) is 2.85. The second-order valence-corrected chi connectivity index (χ2v) is 7.13. The number of alkyl halides is 3. The summed E-state index contributed by atoms with van der Waals surface area (Å²) in [6, 6.07) is 1.16. The Morgan fingerprint density at radius 3 is 2.67 bits per heavy atom. The monoisotopic (exact) mass is 345 g/mol. The first kappa shape index (κ1) is 18.8. The molecule has 2 rings (SSSR count). The molecule has 1 heterocycles. The van der Waals surface area contributed by atoms with Crippen molar-refractivity contribution < 1.29 is 18.0 Å². The standard InChI is InChI=1S/C17H26F3N3O/c1-10-6-5-7-14(13(10)4)21-16(24)11(2)9-23-12(3)8-15(22-23)17(18,19)20/h8,10-11,13-14H,5-7,9H2,1-4H3,(H,21,24)/t10-,11+,13+,14-/m1/s1. The van der Waals surface area contributed by atoms with E-state index in [0.29, 0.717) is 17.5 Å². The summed E-state index contributed by atoms with van der Waals surface area (Å²) in [7, 11) is 0. The maximum atomic E-state index is 12.7. The van der Waals surface area contributed by atoms with Crippen LogP contribution in [0.5, 0.6) is 0 Å². The summed E-state index contributed by atoms with van der Waals surface area (Å²) in [5.74, 6) is 0.429. The van der Waals surface area contributed by atoms with Crippen molar-refractivity contribution in [2.45, 2.75) is 65.7 Å². The summed E-state index contributed by atoms with van der Waals surface area (Å²) in [6.07, 6.45) is -1.23. The molecule has 1 aromatic rings. The van der Waals surface area contributed by atoms with E-state index in [0.717, 1.165) is 18.9 Å². The van der Waals surface area contributed by atoms with Crippen LogP contribution in [0.3, 0.4) is 0 Å². The Morgan fingerprint density at radius 1 is 1.42 bits per heavy atom. The van der Waals surface area contributed by atoms with Crippen LogP contribution in [-0.2, 0) is 17.5 Å². The van der Waals surface area contributed by atoms with Crippen LogP contribution < -0.4 is 5.32 Å². The van der Waals surface area contributed by atoms with Gasteiger partial charge in [0.2, 0.25) is 5.91 Å². The molecule has 1 N–H and O–H groups in total. The SMILES string of the molecule is Cc1cc(C(F)(F)F)nn1C[C@H](C)C(=O)N[C@@H]1CCC[C@@H](C)[C@@H]1C. The lowest BCUT2D eigenvalue weighted by molar-refractivity contribution is -0.141. The van der Waals surface area contributed by atoms with Crippen LogP contribution in [0.2, 0.25) is 0 Å². The smallest absolute Gasteiger partial charge is 0.353 e. The fourth-order valence-corrected chi connectivity index (χ4v) is 3.29. The van der Waals surface area contributed by atoms with Gasteiger partial charge in [-0.3, -0.25) is 9.48 Å². The first-order valence-corrected chi connectivity index (χ1v) is 8.51. The van der Waals surface area contributed by atoms with E-state index in [9.17, 15) is 18.0 Å². The van der Waals surface area contributed by atoms with Gasteiger partial charge in [-0.15, -0.1) is 0 Å².